The second-order valence-corrected chi connectivity index (χ2v) is 13.2. The van der Waals surface area contributed by atoms with Crippen LogP contribution in [0.15, 0.2) is 47.6 Å². The van der Waals surface area contributed by atoms with Crippen molar-refractivity contribution in [3.05, 3.63) is 47.6 Å². The highest BCUT2D eigenvalue weighted by molar-refractivity contribution is 5.78. The van der Waals surface area contributed by atoms with E-state index in [-0.39, 0.29) is 11.4 Å². The third-order valence-electron chi connectivity index (χ3n) is 10.7. The van der Waals surface area contributed by atoms with E-state index in [0.29, 0.717) is 50.0 Å². The number of allylic oxidation sites excluding steroid dienone is 4. The Labute approximate surface area is 236 Å². The molecular formula is C34H52O5. The molecule has 0 aromatic heterocycles. The van der Waals surface area contributed by atoms with E-state index in [4.69, 9.17) is 4.74 Å². The van der Waals surface area contributed by atoms with Gasteiger partial charge in [0.2, 0.25) is 0 Å². The Morgan fingerprint density at radius 1 is 1.13 bits per heavy atom. The molecule has 0 aromatic carbocycles. The molecule has 4 saturated carbocycles. The van der Waals surface area contributed by atoms with E-state index in [9.17, 15) is 20.1 Å². The molecule has 4 aliphatic carbocycles. The molecule has 4 aliphatic rings. The Balaban J connectivity index is 1.45. The summed E-state index contributed by atoms with van der Waals surface area (Å²) in [4.78, 5) is 13.0. The summed E-state index contributed by atoms with van der Waals surface area (Å²) < 4.78 is 5.60. The third kappa shape index (κ3) is 6.31. The van der Waals surface area contributed by atoms with Crippen molar-refractivity contribution >= 4 is 5.97 Å². The molecule has 0 radical (unpaired) electrons. The smallest absolute Gasteiger partial charge is 0.315 e. The molecule has 7 atom stereocenters. The summed E-state index contributed by atoms with van der Waals surface area (Å²) in [7, 11) is 0. The first kappa shape index (κ1) is 30.3. The minimum Gasteiger partial charge on any atom is -0.465 e. The lowest BCUT2D eigenvalue weighted by molar-refractivity contribution is -0.161. The summed E-state index contributed by atoms with van der Waals surface area (Å²) in [5.41, 5.74) is 2.60. The number of unbranched alkanes of at least 4 members (excludes halogenated alkanes) is 1. The van der Waals surface area contributed by atoms with Gasteiger partial charge in [-0.3, -0.25) is 4.79 Å². The van der Waals surface area contributed by atoms with Crippen molar-refractivity contribution in [2.24, 2.45) is 28.6 Å². The second-order valence-electron chi connectivity index (χ2n) is 13.2. The highest BCUT2D eigenvalue weighted by Crippen LogP contribution is 2.59. The summed E-state index contributed by atoms with van der Waals surface area (Å²) in [6, 6.07) is 0. The first-order valence-corrected chi connectivity index (χ1v) is 15.6. The van der Waals surface area contributed by atoms with Crippen molar-refractivity contribution in [2.45, 2.75) is 123 Å². The van der Waals surface area contributed by atoms with Crippen LogP contribution in [0.2, 0.25) is 0 Å². The number of rotatable bonds is 9. The van der Waals surface area contributed by atoms with Gasteiger partial charge in [0.1, 0.15) is 0 Å². The van der Waals surface area contributed by atoms with E-state index in [0.717, 1.165) is 62.5 Å². The predicted molar refractivity (Wildman–Crippen MR) is 156 cm³/mol. The topological polar surface area (TPSA) is 87.0 Å². The zero-order chi connectivity index (χ0) is 28.2. The number of carbonyl (C=O) groups is 1. The molecule has 0 amide bonds. The summed E-state index contributed by atoms with van der Waals surface area (Å²) in [5, 5.41) is 31.6. The standard InChI is InChI=1S/C34H52O5/c1-5-6-20-39-32(38)34(18-7-8-19-34)31(37)16-11-23(2)28-14-15-29-25(10-9-17-33(28,29)4)12-13-26-21-27(35)22-30(36)24(26)3/h11-13,16,23,27-31,35-37H,3,5-10,14-15,17-22H2,1-2,4H3/b16-11?,25-12+,26-13-/t23-,27-,28-,29+,30+,31-,33-/m1/s1. The SMILES string of the molecule is C=C1/C(=C\C=C2/CCC[C@]3(C)[C@@H]([C@H](C)C=C[C@@H](O)C4(C(=O)OCCCC)CCCC4)CC[C@@H]23)C[C@@H](O)C[C@@H]1O. The Kier molecular flexibility index (Phi) is 9.99. The molecule has 0 spiro atoms. The normalized spacial score (nSPS) is 36.4. The number of hydrogen-bond acceptors (Lipinski definition) is 5. The number of aliphatic hydroxyl groups is 3. The first-order valence-electron chi connectivity index (χ1n) is 15.6. The quantitative estimate of drug-likeness (QED) is 0.175. The fourth-order valence-corrected chi connectivity index (χ4v) is 8.29. The van der Waals surface area contributed by atoms with Gasteiger partial charge in [0.25, 0.3) is 0 Å². The molecule has 0 unspecified atom stereocenters. The molecule has 0 aliphatic heterocycles. The summed E-state index contributed by atoms with van der Waals surface area (Å²) >= 11 is 0. The largest absolute Gasteiger partial charge is 0.465 e. The molecular weight excluding hydrogens is 488 g/mol. The second kappa shape index (κ2) is 12.9. The molecule has 4 rings (SSSR count). The van der Waals surface area contributed by atoms with Crippen LogP contribution in [0, 0.1) is 28.6 Å². The Bertz CT molecular complexity index is 970. The van der Waals surface area contributed by atoms with Gasteiger partial charge in [0.15, 0.2) is 0 Å². The van der Waals surface area contributed by atoms with Gasteiger partial charge in [-0.15, -0.1) is 0 Å². The van der Waals surface area contributed by atoms with Gasteiger partial charge >= 0.3 is 5.97 Å². The van der Waals surface area contributed by atoms with Crippen LogP contribution in [-0.2, 0) is 9.53 Å². The molecule has 4 fully saturated rings. The van der Waals surface area contributed by atoms with Gasteiger partial charge in [-0.25, -0.2) is 0 Å². The maximum atomic E-state index is 13.0. The molecule has 5 nitrogen and oxygen atoms in total. The number of hydrogen-bond donors (Lipinski definition) is 3. The maximum absolute atomic E-state index is 13.0. The van der Waals surface area contributed by atoms with Crippen LogP contribution in [0.5, 0.6) is 0 Å². The Morgan fingerprint density at radius 2 is 1.87 bits per heavy atom. The highest BCUT2D eigenvalue weighted by Gasteiger charge is 2.51. The number of carbonyl (C=O) groups excluding carboxylic acids is 1. The van der Waals surface area contributed by atoms with Crippen LogP contribution in [-0.4, -0.2) is 46.2 Å². The molecule has 0 saturated heterocycles. The van der Waals surface area contributed by atoms with Crippen molar-refractivity contribution in [1.29, 1.82) is 0 Å². The van der Waals surface area contributed by atoms with E-state index in [1.54, 1.807) is 0 Å². The Hall–Kier alpha value is -1.69. The van der Waals surface area contributed by atoms with Crippen molar-refractivity contribution in [2.75, 3.05) is 6.61 Å². The van der Waals surface area contributed by atoms with Gasteiger partial charge in [-0.05, 0) is 92.1 Å². The summed E-state index contributed by atoms with van der Waals surface area (Å²) in [6.07, 6.45) is 18.4. The highest BCUT2D eigenvalue weighted by atomic mass is 16.5. The number of fused-ring (bicyclic) bond motifs is 1. The minimum atomic E-state index is -0.802. The van der Waals surface area contributed by atoms with Gasteiger partial charge < -0.3 is 20.1 Å². The molecule has 0 aromatic rings. The maximum Gasteiger partial charge on any atom is 0.315 e. The van der Waals surface area contributed by atoms with E-state index < -0.39 is 23.7 Å². The van der Waals surface area contributed by atoms with E-state index in [1.807, 2.05) is 6.08 Å². The van der Waals surface area contributed by atoms with Crippen LogP contribution in [0.3, 0.4) is 0 Å². The molecule has 0 bridgehead atoms. The fourth-order valence-electron chi connectivity index (χ4n) is 8.29. The number of esters is 1. The van der Waals surface area contributed by atoms with Crippen LogP contribution in [0.4, 0.5) is 0 Å². The summed E-state index contributed by atoms with van der Waals surface area (Å²) in [6.45, 7) is 11.3. The van der Waals surface area contributed by atoms with Crippen molar-refractivity contribution in [3.8, 4) is 0 Å². The van der Waals surface area contributed by atoms with Gasteiger partial charge in [-0.2, -0.15) is 0 Å². The third-order valence-corrected chi connectivity index (χ3v) is 10.7. The molecule has 5 heteroatoms. The van der Waals surface area contributed by atoms with Gasteiger partial charge in [0.05, 0.1) is 30.3 Å². The minimum absolute atomic E-state index is 0.198. The Morgan fingerprint density at radius 3 is 2.59 bits per heavy atom. The van der Waals surface area contributed by atoms with Crippen molar-refractivity contribution in [3.63, 3.8) is 0 Å². The van der Waals surface area contributed by atoms with Crippen LogP contribution in [0.25, 0.3) is 0 Å². The first-order chi connectivity index (χ1) is 18.6. The fraction of sp³-hybridized carbons (Fsp3) is 0.735. The predicted octanol–water partition coefficient (Wildman–Crippen LogP) is 6.58. The van der Waals surface area contributed by atoms with Crippen LogP contribution < -0.4 is 0 Å². The van der Waals surface area contributed by atoms with Gasteiger partial charge in [-0.1, -0.05) is 76.5 Å². The van der Waals surface area contributed by atoms with E-state index >= 15 is 0 Å². The van der Waals surface area contributed by atoms with E-state index in [2.05, 4.69) is 45.6 Å². The number of aliphatic hydroxyl groups excluding tert-OH is 3. The zero-order valence-electron chi connectivity index (χ0n) is 24.5. The van der Waals surface area contributed by atoms with Crippen molar-refractivity contribution < 1.29 is 24.9 Å². The van der Waals surface area contributed by atoms with Crippen LogP contribution >= 0.6 is 0 Å². The van der Waals surface area contributed by atoms with Crippen molar-refractivity contribution in [1.82, 2.24) is 0 Å². The molecule has 0 heterocycles. The van der Waals surface area contributed by atoms with Crippen LogP contribution in [0.1, 0.15) is 104 Å². The average molecular weight is 541 g/mol. The molecule has 3 N–H and O–H groups in total. The average Bonchev–Trinajstić information content (AvgIpc) is 3.54. The lowest BCUT2D eigenvalue weighted by atomic mass is 9.61. The molecule has 218 valence electrons. The number of ether oxygens (including phenoxy) is 1. The van der Waals surface area contributed by atoms with E-state index in [1.165, 1.54) is 12.0 Å². The monoisotopic (exact) mass is 540 g/mol. The lowest BCUT2D eigenvalue weighted by Gasteiger charge is -2.44. The summed E-state index contributed by atoms with van der Waals surface area (Å²) in [5.74, 6) is 1.13. The zero-order valence-corrected chi connectivity index (χ0v) is 24.5. The van der Waals surface area contributed by atoms with Gasteiger partial charge in [0, 0.05) is 6.42 Å². The molecule has 39 heavy (non-hydrogen) atoms. The lowest BCUT2D eigenvalue weighted by Crippen LogP contribution is -2.41.